The first kappa shape index (κ1) is 14.4. The van der Waals surface area contributed by atoms with Crippen molar-refractivity contribution in [3.63, 3.8) is 0 Å². The molecule has 0 bridgehead atoms. The highest BCUT2D eigenvalue weighted by Gasteiger charge is 2.40. The van der Waals surface area contributed by atoms with Gasteiger partial charge in [-0.05, 0) is 18.6 Å². The van der Waals surface area contributed by atoms with E-state index >= 15 is 0 Å². The lowest BCUT2D eigenvalue weighted by molar-refractivity contribution is -0.150. The summed E-state index contributed by atoms with van der Waals surface area (Å²) in [5.41, 5.74) is 0. The molecule has 2 atom stereocenters. The molecule has 0 aliphatic carbocycles. The molecule has 1 aliphatic rings. The van der Waals surface area contributed by atoms with Crippen molar-refractivity contribution in [1.29, 1.82) is 0 Å². The number of nitrogens with zero attached hydrogens (tertiary/aromatic N) is 1. The van der Waals surface area contributed by atoms with Gasteiger partial charge in [0, 0.05) is 12.3 Å². The Labute approximate surface area is 108 Å². The lowest BCUT2D eigenvalue weighted by atomic mass is 9.96. The van der Waals surface area contributed by atoms with Gasteiger partial charge in [0.05, 0.1) is 0 Å². The number of thioether (sulfide) groups is 1. The van der Waals surface area contributed by atoms with E-state index < -0.39 is 0 Å². The maximum Gasteiger partial charge on any atom is 0.245 e. The number of hydrogen-bond donors (Lipinski definition) is 1. The summed E-state index contributed by atoms with van der Waals surface area (Å²) in [6.45, 7) is 6.55. The minimum atomic E-state index is -0.334. The van der Waals surface area contributed by atoms with Crippen LogP contribution in [0.15, 0.2) is 0 Å². The predicted octanol–water partition coefficient (Wildman–Crippen LogP) is 1.11. The summed E-state index contributed by atoms with van der Waals surface area (Å²) in [4.78, 5) is 26.0. The molecular formula is C12H22N2O2S. The van der Waals surface area contributed by atoms with Crippen molar-refractivity contribution in [2.24, 2.45) is 5.92 Å². The van der Waals surface area contributed by atoms with Gasteiger partial charge in [0.2, 0.25) is 11.8 Å². The number of carbonyl (C=O) groups excluding carboxylic acids is 2. The molecule has 0 aromatic heterocycles. The zero-order chi connectivity index (χ0) is 13.0. The first-order valence-electron chi connectivity index (χ1n) is 6.12. The van der Waals surface area contributed by atoms with E-state index in [1.807, 2.05) is 27.0 Å². The number of carbonyl (C=O) groups is 2. The van der Waals surface area contributed by atoms with E-state index in [4.69, 9.17) is 0 Å². The predicted molar refractivity (Wildman–Crippen MR) is 70.9 cm³/mol. The lowest BCUT2D eigenvalue weighted by Gasteiger charge is -2.40. The Balaban J connectivity index is 2.87. The smallest absolute Gasteiger partial charge is 0.245 e. The van der Waals surface area contributed by atoms with Crippen LogP contribution in [0.3, 0.4) is 0 Å². The molecule has 98 valence electrons. The van der Waals surface area contributed by atoms with E-state index in [1.54, 1.807) is 16.7 Å². The Hall–Kier alpha value is -0.710. The van der Waals surface area contributed by atoms with Gasteiger partial charge in [-0.2, -0.15) is 11.8 Å². The van der Waals surface area contributed by atoms with Crippen LogP contribution < -0.4 is 5.32 Å². The summed E-state index contributed by atoms with van der Waals surface area (Å²) in [5.74, 6) is 1.09. The van der Waals surface area contributed by atoms with E-state index in [-0.39, 0.29) is 29.8 Å². The van der Waals surface area contributed by atoms with Crippen molar-refractivity contribution < 1.29 is 9.59 Å². The van der Waals surface area contributed by atoms with Gasteiger partial charge in [-0.3, -0.25) is 9.59 Å². The van der Waals surface area contributed by atoms with Crippen LogP contribution in [0, 0.1) is 5.92 Å². The highest BCUT2D eigenvalue weighted by Crippen LogP contribution is 2.19. The molecule has 4 nitrogen and oxygen atoms in total. The van der Waals surface area contributed by atoms with Crippen LogP contribution in [-0.4, -0.2) is 47.4 Å². The Morgan fingerprint density at radius 2 is 2.06 bits per heavy atom. The van der Waals surface area contributed by atoms with Gasteiger partial charge in [-0.25, -0.2) is 0 Å². The number of nitrogens with one attached hydrogen (secondary N) is 1. The number of piperazine rings is 1. The Bertz CT molecular complexity index is 294. The molecule has 5 heteroatoms. The standard InChI is InChI=1S/C12H22N2O2S/c1-5-9-12(16)14(6-7-17-4)10(8(2)3)11(15)13-9/h8-10H,5-7H2,1-4H3,(H,13,15). The second-order valence-electron chi connectivity index (χ2n) is 4.68. The van der Waals surface area contributed by atoms with E-state index in [0.717, 1.165) is 5.75 Å². The fraction of sp³-hybridized carbons (Fsp3) is 0.833. The highest BCUT2D eigenvalue weighted by atomic mass is 32.2. The second-order valence-corrected chi connectivity index (χ2v) is 5.67. The summed E-state index contributed by atoms with van der Waals surface area (Å²) in [7, 11) is 0. The SMILES string of the molecule is CCC1NC(=O)C(C(C)C)N(CCSC)C1=O. The van der Waals surface area contributed by atoms with E-state index in [0.29, 0.717) is 13.0 Å². The van der Waals surface area contributed by atoms with Crippen molar-refractivity contribution >= 4 is 23.6 Å². The van der Waals surface area contributed by atoms with Crippen LogP contribution in [0.2, 0.25) is 0 Å². The van der Waals surface area contributed by atoms with Crippen LogP contribution in [-0.2, 0) is 9.59 Å². The summed E-state index contributed by atoms with van der Waals surface area (Å²) in [5, 5.41) is 2.82. The Kier molecular flexibility index (Phi) is 5.31. The van der Waals surface area contributed by atoms with Gasteiger partial charge in [0.25, 0.3) is 0 Å². The summed E-state index contributed by atoms with van der Waals surface area (Å²) >= 11 is 1.70. The van der Waals surface area contributed by atoms with Crippen molar-refractivity contribution in [2.75, 3.05) is 18.6 Å². The van der Waals surface area contributed by atoms with Gasteiger partial charge in [0.1, 0.15) is 12.1 Å². The third-order valence-corrected chi connectivity index (χ3v) is 3.67. The van der Waals surface area contributed by atoms with Crippen LogP contribution in [0.5, 0.6) is 0 Å². The average molecular weight is 258 g/mol. The van der Waals surface area contributed by atoms with Gasteiger partial charge < -0.3 is 10.2 Å². The molecule has 0 radical (unpaired) electrons. The van der Waals surface area contributed by atoms with Crippen LogP contribution in [0.1, 0.15) is 27.2 Å². The largest absolute Gasteiger partial charge is 0.343 e. The second kappa shape index (κ2) is 6.28. The molecule has 1 saturated heterocycles. The van der Waals surface area contributed by atoms with E-state index in [9.17, 15) is 9.59 Å². The number of hydrogen-bond acceptors (Lipinski definition) is 3. The van der Waals surface area contributed by atoms with E-state index in [1.165, 1.54) is 0 Å². The normalized spacial score (nSPS) is 25.4. The average Bonchev–Trinajstić information content (AvgIpc) is 2.28. The van der Waals surface area contributed by atoms with Gasteiger partial charge >= 0.3 is 0 Å². The van der Waals surface area contributed by atoms with Crippen molar-refractivity contribution in [3.05, 3.63) is 0 Å². The number of rotatable bonds is 5. The third kappa shape index (κ3) is 3.15. The molecule has 17 heavy (non-hydrogen) atoms. The molecule has 0 spiro atoms. The molecule has 1 aliphatic heterocycles. The molecule has 1 N–H and O–H groups in total. The fourth-order valence-corrected chi connectivity index (χ4v) is 2.56. The molecule has 1 rings (SSSR count). The topological polar surface area (TPSA) is 49.4 Å². The molecule has 0 aromatic carbocycles. The molecule has 1 fully saturated rings. The first-order valence-corrected chi connectivity index (χ1v) is 7.52. The molecule has 2 amide bonds. The Morgan fingerprint density at radius 3 is 2.53 bits per heavy atom. The molecule has 1 heterocycles. The maximum absolute atomic E-state index is 12.2. The van der Waals surface area contributed by atoms with Crippen LogP contribution >= 0.6 is 11.8 Å². The monoisotopic (exact) mass is 258 g/mol. The van der Waals surface area contributed by atoms with Gasteiger partial charge in [0.15, 0.2) is 0 Å². The minimum Gasteiger partial charge on any atom is -0.343 e. The lowest BCUT2D eigenvalue weighted by Crippen LogP contribution is -2.64. The summed E-state index contributed by atoms with van der Waals surface area (Å²) in [6.07, 6.45) is 2.67. The van der Waals surface area contributed by atoms with Crippen molar-refractivity contribution in [1.82, 2.24) is 10.2 Å². The fourth-order valence-electron chi connectivity index (χ4n) is 2.18. The molecule has 0 saturated carbocycles. The highest BCUT2D eigenvalue weighted by molar-refractivity contribution is 7.98. The minimum absolute atomic E-state index is 0.00690. The summed E-state index contributed by atoms with van der Waals surface area (Å²) < 4.78 is 0. The third-order valence-electron chi connectivity index (χ3n) is 3.08. The molecular weight excluding hydrogens is 236 g/mol. The van der Waals surface area contributed by atoms with E-state index in [2.05, 4.69) is 5.32 Å². The number of amides is 2. The molecule has 2 unspecified atom stereocenters. The zero-order valence-corrected chi connectivity index (χ0v) is 11.8. The Morgan fingerprint density at radius 1 is 1.41 bits per heavy atom. The van der Waals surface area contributed by atoms with Gasteiger partial charge in [-0.1, -0.05) is 20.8 Å². The first-order chi connectivity index (χ1) is 8.02. The van der Waals surface area contributed by atoms with Gasteiger partial charge in [-0.15, -0.1) is 0 Å². The molecule has 0 aromatic rings. The van der Waals surface area contributed by atoms with Crippen molar-refractivity contribution in [2.45, 2.75) is 39.3 Å². The zero-order valence-electron chi connectivity index (χ0n) is 11.0. The quantitative estimate of drug-likeness (QED) is 0.803. The van der Waals surface area contributed by atoms with Crippen molar-refractivity contribution in [3.8, 4) is 0 Å². The maximum atomic E-state index is 12.2. The summed E-state index contributed by atoms with van der Waals surface area (Å²) in [6, 6.07) is -0.642. The van der Waals surface area contributed by atoms with Crippen LogP contribution in [0.25, 0.3) is 0 Å². The van der Waals surface area contributed by atoms with Crippen LogP contribution in [0.4, 0.5) is 0 Å².